The Bertz CT molecular complexity index is 121. The van der Waals surface area contributed by atoms with Gasteiger partial charge in [-0.1, -0.05) is 24.9 Å². The molecule has 0 atom stereocenters. The fourth-order valence-electron chi connectivity index (χ4n) is 0.212. The van der Waals surface area contributed by atoms with Crippen molar-refractivity contribution in [1.82, 2.24) is 0 Å². The third-order valence-electron chi connectivity index (χ3n) is 0.523. The van der Waals surface area contributed by atoms with Crippen molar-refractivity contribution < 1.29 is 4.84 Å². The topological polar surface area (TPSA) is 21.6 Å². The molecule has 0 amide bonds. The third kappa shape index (κ3) is 7.03. The molecule has 0 aliphatic heterocycles. The predicted molar refractivity (Wildman–Crippen MR) is 37.1 cm³/mol. The van der Waals surface area contributed by atoms with Crippen LogP contribution in [0, 0.1) is 18.3 Å². The summed E-state index contributed by atoms with van der Waals surface area (Å²) in [6.45, 7) is 4.14. The van der Waals surface area contributed by atoms with Gasteiger partial charge in [-0.3, -0.25) is 0 Å². The first-order chi connectivity index (χ1) is 4.27. The average Bonchev–Trinajstić information content (AvgIpc) is 1.80. The van der Waals surface area contributed by atoms with Gasteiger partial charge >= 0.3 is 0 Å². The zero-order chi connectivity index (χ0) is 7.11. The Morgan fingerprint density at radius 3 is 2.78 bits per heavy atom. The summed E-state index contributed by atoms with van der Waals surface area (Å²) in [7, 11) is 0. The van der Waals surface area contributed by atoms with Gasteiger partial charge in [0.2, 0.25) is 0 Å². The summed E-state index contributed by atoms with van der Waals surface area (Å²) in [5, 5.41) is 3.47. The second-order valence-corrected chi connectivity index (χ2v) is 1.85. The smallest absolute Gasteiger partial charge is 0.177 e. The largest absolute Gasteiger partial charge is 0.382 e. The molecule has 0 fully saturated rings. The van der Waals surface area contributed by atoms with Crippen molar-refractivity contribution in [3.8, 4) is 12.3 Å². The molecule has 0 unspecified atom stereocenters. The van der Waals surface area contributed by atoms with Crippen LogP contribution in [0.15, 0.2) is 5.16 Å². The summed E-state index contributed by atoms with van der Waals surface area (Å²) in [4.78, 5) is 4.57. The molecule has 0 heterocycles. The Hall–Kier alpha value is -0.970. The molecule has 0 aromatic carbocycles. The molecule has 49 valence electrons. The van der Waals surface area contributed by atoms with Crippen LogP contribution in [0.4, 0.5) is 0 Å². The van der Waals surface area contributed by atoms with E-state index in [-0.39, 0.29) is 6.61 Å². The van der Waals surface area contributed by atoms with E-state index in [1.807, 2.05) is 13.8 Å². The summed E-state index contributed by atoms with van der Waals surface area (Å²) >= 11 is 0. The van der Waals surface area contributed by atoms with E-state index in [1.165, 1.54) is 0 Å². The Morgan fingerprint density at radius 1 is 1.67 bits per heavy atom. The lowest BCUT2D eigenvalue weighted by Crippen LogP contribution is -1.89. The van der Waals surface area contributed by atoms with Gasteiger partial charge in [-0.2, -0.15) is 0 Å². The van der Waals surface area contributed by atoms with Crippen LogP contribution in [-0.4, -0.2) is 12.8 Å². The van der Waals surface area contributed by atoms with Crippen LogP contribution in [0.3, 0.4) is 0 Å². The summed E-state index contributed by atoms with van der Waals surface area (Å²) in [5.74, 6) is 2.58. The van der Waals surface area contributed by atoms with Crippen molar-refractivity contribution in [2.75, 3.05) is 6.61 Å². The van der Waals surface area contributed by atoms with E-state index in [2.05, 4.69) is 22.1 Å². The summed E-state index contributed by atoms with van der Waals surface area (Å²) in [6, 6.07) is 0. The lowest BCUT2D eigenvalue weighted by molar-refractivity contribution is 0.180. The van der Waals surface area contributed by atoms with Gasteiger partial charge in [0.25, 0.3) is 0 Å². The maximum Gasteiger partial charge on any atom is 0.177 e. The molecule has 0 spiro atoms. The highest BCUT2D eigenvalue weighted by molar-refractivity contribution is 5.58. The van der Waals surface area contributed by atoms with Gasteiger partial charge in [0.15, 0.2) is 6.61 Å². The zero-order valence-electron chi connectivity index (χ0n) is 5.72. The molecule has 0 aromatic rings. The molecule has 0 saturated carbocycles. The van der Waals surface area contributed by atoms with Gasteiger partial charge in [0.05, 0.1) is 0 Å². The first-order valence-electron chi connectivity index (χ1n) is 2.78. The molecule has 2 heteroatoms. The molecule has 0 aliphatic carbocycles. The van der Waals surface area contributed by atoms with E-state index in [1.54, 1.807) is 0 Å². The van der Waals surface area contributed by atoms with Crippen molar-refractivity contribution in [3.63, 3.8) is 0 Å². The van der Waals surface area contributed by atoms with Crippen LogP contribution in [0.25, 0.3) is 0 Å². The highest BCUT2D eigenvalue weighted by Gasteiger charge is 1.84. The van der Waals surface area contributed by atoms with Gasteiger partial charge in [-0.25, -0.2) is 0 Å². The lowest BCUT2D eigenvalue weighted by Gasteiger charge is -1.90. The first kappa shape index (κ1) is 8.03. The maximum absolute atomic E-state index is 4.88. The molecule has 0 rings (SSSR count). The standard InChI is InChI=1S/C7H10NO/c1-4-5-9-8-6-7(2)3/h1,7H,5H2,2-3H3. The molecule has 0 saturated heterocycles. The lowest BCUT2D eigenvalue weighted by atomic mass is 10.3. The fraction of sp³-hybridized carbons (Fsp3) is 0.571. The molecular formula is C7H10NO. The van der Waals surface area contributed by atoms with Crippen molar-refractivity contribution in [1.29, 1.82) is 0 Å². The van der Waals surface area contributed by atoms with Gasteiger partial charge in [0.1, 0.15) is 6.21 Å². The Morgan fingerprint density at radius 2 is 2.33 bits per heavy atom. The number of nitrogens with zero attached hydrogens (tertiary/aromatic N) is 1. The predicted octanol–water partition coefficient (Wildman–Crippen LogP) is 1.16. The number of terminal acetylenes is 1. The quantitative estimate of drug-likeness (QED) is 0.239. The minimum Gasteiger partial charge on any atom is -0.382 e. The van der Waals surface area contributed by atoms with Crippen molar-refractivity contribution in [2.24, 2.45) is 11.1 Å². The molecule has 9 heavy (non-hydrogen) atoms. The zero-order valence-corrected chi connectivity index (χ0v) is 5.72. The van der Waals surface area contributed by atoms with Crippen LogP contribution in [0.2, 0.25) is 0 Å². The molecule has 0 aromatic heterocycles. The molecule has 0 aliphatic rings. The van der Waals surface area contributed by atoms with Crippen LogP contribution >= 0.6 is 0 Å². The van der Waals surface area contributed by atoms with E-state index in [4.69, 9.17) is 6.42 Å². The van der Waals surface area contributed by atoms with Crippen LogP contribution in [0.5, 0.6) is 0 Å². The van der Waals surface area contributed by atoms with Gasteiger partial charge in [-0.05, 0) is 0 Å². The Labute approximate surface area is 55.9 Å². The highest BCUT2D eigenvalue weighted by Crippen LogP contribution is 1.84. The maximum atomic E-state index is 4.88. The minimum atomic E-state index is 0.222. The second-order valence-electron chi connectivity index (χ2n) is 1.85. The van der Waals surface area contributed by atoms with Crippen LogP contribution in [0.1, 0.15) is 13.8 Å². The van der Waals surface area contributed by atoms with E-state index in [0.29, 0.717) is 5.92 Å². The van der Waals surface area contributed by atoms with Gasteiger partial charge < -0.3 is 4.84 Å². The minimum absolute atomic E-state index is 0.222. The molecule has 0 N–H and O–H groups in total. The average molecular weight is 124 g/mol. The highest BCUT2D eigenvalue weighted by atomic mass is 16.6. The molecule has 0 bridgehead atoms. The van der Waals surface area contributed by atoms with Gasteiger partial charge in [-0.15, -0.1) is 6.42 Å². The molecular weight excluding hydrogens is 114 g/mol. The second kappa shape index (κ2) is 5.17. The SMILES string of the molecule is C#CCO/N=[C]/C(C)C. The van der Waals surface area contributed by atoms with E-state index in [0.717, 1.165) is 0 Å². The normalized spacial score (nSPS) is 10.0. The monoisotopic (exact) mass is 124 g/mol. The van der Waals surface area contributed by atoms with Crippen LogP contribution < -0.4 is 0 Å². The Balaban J connectivity index is 3.17. The van der Waals surface area contributed by atoms with Crippen molar-refractivity contribution >= 4 is 6.21 Å². The molecule has 1 radical (unpaired) electrons. The Kier molecular flexibility index (Phi) is 4.61. The van der Waals surface area contributed by atoms with Gasteiger partial charge in [0, 0.05) is 5.92 Å². The number of rotatable bonds is 3. The third-order valence-corrected chi connectivity index (χ3v) is 0.523. The first-order valence-corrected chi connectivity index (χ1v) is 2.78. The van der Waals surface area contributed by atoms with E-state index in [9.17, 15) is 0 Å². The van der Waals surface area contributed by atoms with E-state index < -0.39 is 0 Å². The molecule has 2 nitrogen and oxygen atoms in total. The summed E-state index contributed by atoms with van der Waals surface area (Å²) in [5.41, 5.74) is 0. The fourth-order valence-corrected chi connectivity index (χ4v) is 0.212. The summed E-state index contributed by atoms with van der Waals surface area (Å²) in [6.07, 6.45) is 7.57. The number of hydrogen-bond donors (Lipinski definition) is 0. The number of hydrogen-bond acceptors (Lipinski definition) is 2. The van der Waals surface area contributed by atoms with Crippen molar-refractivity contribution in [3.05, 3.63) is 0 Å². The summed E-state index contributed by atoms with van der Waals surface area (Å²) < 4.78 is 0. The van der Waals surface area contributed by atoms with E-state index >= 15 is 0 Å². The van der Waals surface area contributed by atoms with Crippen molar-refractivity contribution in [2.45, 2.75) is 13.8 Å². The van der Waals surface area contributed by atoms with Crippen LogP contribution in [-0.2, 0) is 4.84 Å².